The van der Waals surface area contributed by atoms with E-state index in [-0.39, 0.29) is 0 Å². The van der Waals surface area contributed by atoms with Crippen LogP contribution < -0.4 is 5.32 Å². The van der Waals surface area contributed by atoms with Crippen LogP contribution >= 0.6 is 11.8 Å². The third-order valence-electron chi connectivity index (χ3n) is 2.76. The Labute approximate surface area is 104 Å². The van der Waals surface area contributed by atoms with Crippen molar-refractivity contribution in [3.8, 4) is 0 Å². The molecule has 1 atom stereocenters. The molecule has 0 saturated carbocycles. The summed E-state index contributed by atoms with van der Waals surface area (Å²) in [6.45, 7) is 2.26. The molecule has 1 aromatic carbocycles. The molecule has 0 radical (unpaired) electrons. The summed E-state index contributed by atoms with van der Waals surface area (Å²) in [4.78, 5) is 1.37. The molecule has 1 unspecified atom stereocenters. The van der Waals surface area contributed by atoms with Crippen LogP contribution in [-0.2, 0) is 0 Å². The molecule has 0 aliphatic carbocycles. The summed E-state index contributed by atoms with van der Waals surface area (Å²) in [5.41, 5.74) is 0. The van der Waals surface area contributed by atoms with Gasteiger partial charge in [0, 0.05) is 16.7 Å². The normalized spacial score (nSPS) is 12.6. The smallest absolute Gasteiger partial charge is 0.0158 e. The molecule has 0 aromatic heterocycles. The molecule has 0 aliphatic rings. The number of unbranched alkanes of at least 4 members (excludes halogenated alkanes) is 2. The Morgan fingerprint density at radius 1 is 1.19 bits per heavy atom. The molecule has 0 saturated heterocycles. The Morgan fingerprint density at radius 2 is 1.94 bits per heavy atom. The predicted molar refractivity (Wildman–Crippen MR) is 74.2 cm³/mol. The van der Waals surface area contributed by atoms with E-state index in [4.69, 9.17) is 0 Å². The van der Waals surface area contributed by atoms with Gasteiger partial charge >= 0.3 is 0 Å². The van der Waals surface area contributed by atoms with Crippen molar-refractivity contribution in [3.63, 3.8) is 0 Å². The van der Waals surface area contributed by atoms with Gasteiger partial charge in [-0.15, -0.1) is 11.8 Å². The zero-order chi connectivity index (χ0) is 11.6. The SMILES string of the molecule is CCCCCC(CSc1ccccc1)NC. The molecule has 1 aromatic rings. The molecule has 0 fully saturated rings. The van der Waals surface area contributed by atoms with E-state index in [1.165, 1.54) is 36.3 Å². The molecular formula is C14H23NS. The topological polar surface area (TPSA) is 12.0 Å². The van der Waals surface area contributed by atoms with E-state index in [1.807, 2.05) is 11.8 Å². The average molecular weight is 237 g/mol. The Balaban J connectivity index is 2.23. The summed E-state index contributed by atoms with van der Waals surface area (Å²) >= 11 is 1.95. The van der Waals surface area contributed by atoms with E-state index in [0.717, 1.165) is 0 Å². The highest BCUT2D eigenvalue weighted by atomic mass is 32.2. The summed E-state index contributed by atoms with van der Waals surface area (Å²) in [5.74, 6) is 1.17. The van der Waals surface area contributed by atoms with Gasteiger partial charge in [-0.25, -0.2) is 0 Å². The third kappa shape index (κ3) is 5.57. The van der Waals surface area contributed by atoms with Gasteiger partial charge in [-0.3, -0.25) is 0 Å². The van der Waals surface area contributed by atoms with Gasteiger partial charge in [0.1, 0.15) is 0 Å². The lowest BCUT2D eigenvalue weighted by Gasteiger charge is -2.15. The molecular weight excluding hydrogens is 214 g/mol. The van der Waals surface area contributed by atoms with E-state index in [9.17, 15) is 0 Å². The van der Waals surface area contributed by atoms with E-state index < -0.39 is 0 Å². The molecule has 0 amide bonds. The fraction of sp³-hybridized carbons (Fsp3) is 0.571. The average Bonchev–Trinajstić information content (AvgIpc) is 2.35. The summed E-state index contributed by atoms with van der Waals surface area (Å²) < 4.78 is 0. The fourth-order valence-corrected chi connectivity index (χ4v) is 2.74. The van der Waals surface area contributed by atoms with Crippen LogP contribution in [0.4, 0.5) is 0 Å². The second-order valence-corrected chi connectivity index (χ2v) is 5.20. The summed E-state index contributed by atoms with van der Waals surface area (Å²) in [7, 11) is 2.07. The fourth-order valence-electron chi connectivity index (χ4n) is 1.67. The number of benzene rings is 1. The van der Waals surface area contributed by atoms with Crippen LogP contribution in [0.5, 0.6) is 0 Å². The first-order chi connectivity index (χ1) is 7.86. The highest BCUT2D eigenvalue weighted by Gasteiger charge is 2.05. The molecule has 16 heavy (non-hydrogen) atoms. The molecule has 90 valence electrons. The van der Waals surface area contributed by atoms with Crippen molar-refractivity contribution >= 4 is 11.8 Å². The van der Waals surface area contributed by atoms with E-state index in [2.05, 4.69) is 49.6 Å². The first kappa shape index (κ1) is 13.6. The molecule has 1 rings (SSSR count). The van der Waals surface area contributed by atoms with Crippen LogP contribution in [0.25, 0.3) is 0 Å². The van der Waals surface area contributed by atoms with Crippen molar-refractivity contribution in [3.05, 3.63) is 30.3 Å². The Hall–Kier alpha value is -0.470. The van der Waals surface area contributed by atoms with Gasteiger partial charge in [0.05, 0.1) is 0 Å². The monoisotopic (exact) mass is 237 g/mol. The minimum absolute atomic E-state index is 0.650. The van der Waals surface area contributed by atoms with Gasteiger partial charge in [-0.05, 0) is 25.6 Å². The minimum atomic E-state index is 0.650. The quantitative estimate of drug-likeness (QED) is 0.543. The highest BCUT2D eigenvalue weighted by Crippen LogP contribution is 2.19. The van der Waals surface area contributed by atoms with Crippen LogP contribution in [0.1, 0.15) is 32.6 Å². The molecule has 0 heterocycles. The number of rotatable bonds is 8. The number of nitrogens with one attached hydrogen (secondary N) is 1. The van der Waals surface area contributed by atoms with Crippen molar-refractivity contribution in [2.75, 3.05) is 12.8 Å². The van der Waals surface area contributed by atoms with Gasteiger partial charge in [-0.2, -0.15) is 0 Å². The van der Waals surface area contributed by atoms with E-state index in [1.54, 1.807) is 0 Å². The van der Waals surface area contributed by atoms with Gasteiger partial charge in [0.15, 0.2) is 0 Å². The van der Waals surface area contributed by atoms with Crippen molar-refractivity contribution in [2.24, 2.45) is 0 Å². The van der Waals surface area contributed by atoms with Gasteiger partial charge < -0.3 is 5.32 Å². The maximum absolute atomic E-state index is 3.41. The maximum Gasteiger partial charge on any atom is 0.0158 e. The van der Waals surface area contributed by atoms with Gasteiger partial charge in [0.25, 0.3) is 0 Å². The zero-order valence-corrected chi connectivity index (χ0v) is 11.2. The van der Waals surface area contributed by atoms with Crippen molar-refractivity contribution < 1.29 is 0 Å². The maximum atomic E-state index is 3.41. The largest absolute Gasteiger partial charge is 0.316 e. The Kier molecular flexibility index (Phi) is 7.35. The molecule has 0 bridgehead atoms. The lowest BCUT2D eigenvalue weighted by molar-refractivity contribution is 0.531. The molecule has 0 spiro atoms. The van der Waals surface area contributed by atoms with Crippen LogP contribution in [0.3, 0.4) is 0 Å². The number of thioether (sulfide) groups is 1. The van der Waals surface area contributed by atoms with E-state index in [0.29, 0.717) is 6.04 Å². The molecule has 0 aliphatic heterocycles. The first-order valence-electron chi connectivity index (χ1n) is 6.22. The Bertz CT molecular complexity index is 261. The standard InChI is InChI=1S/C14H23NS/c1-3-4-6-9-13(15-2)12-16-14-10-7-5-8-11-14/h5,7-8,10-11,13,15H,3-4,6,9,12H2,1-2H3. The molecule has 1 nitrogen and oxygen atoms in total. The minimum Gasteiger partial charge on any atom is -0.316 e. The first-order valence-corrected chi connectivity index (χ1v) is 7.20. The second-order valence-electron chi connectivity index (χ2n) is 4.11. The van der Waals surface area contributed by atoms with Gasteiger partial charge in [0.2, 0.25) is 0 Å². The lowest BCUT2D eigenvalue weighted by atomic mass is 10.1. The van der Waals surface area contributed by atoms with Crippen LogP contribution in [0.2, 0.25) is 0 Å². The van der Waals surface area contributed by atoms with Crippen LogP contribution in [0.15, 0.2) is 35.2 Å². The summed E-state index contributed by atoms with van der Waals surface area (Å²) in [6, 6.07) is 11.3. The van der Waals surface area contributed by atoms with Crippen molar-refractivity contribution in [2.45, 2.75) is 43.5 Å². The highest BCUT2D eigenvalue weighted by molar-refractivity contribution is 7.99. The van der Waals surface area contributed by atoms with Gasteiger partial charge in [-0.1, -0.05) is 44.4 Å². The van der Waals surface area contributed by atoms with Crippen molar-refractivity contribution in [1.82, 2.24) is 5.32 Å². The second kappa shape index (κ2) is 8.66. The summed E-state index contributed by atoms with van der Waals surface area (Å²) in [6.07, 6.45) is 5.30. The summed E-state index contributed by atoms with van der Waals surface area (Å²) in [5, 5.41) is 3.41. The molecule has 2 heteroatoms. The number of hydrogen-bond acceptors (Lipinski definition) is 2. The predicted octanol–water partition coefficient (Wildman–Crippen LogP) is 3.95. The third-order valence-corrected chi connectivity index (χ3v) is 3.93. The van der Waals surface area contributed by atoms with E-state index >= 15 is 0 Å². The zero-order valence-electron chi connectivity index (χ0n) is 10.4. The molecule has 1 N–H and O–H groups in total. The van der Waals surface area contributed by atoms with Crippen molar-refractivity contribution in [1.29, 1.82) is 0 Å². The van der Waals surface area contributed by atoms with Crippen LogP contribution in [0, 0.1) is 0 Å². The van der Waals surface area contributed by atoms with Crippen LogP contribution in [-0.4, -0.2) is 18.8 Å². The lowest BCUT2D eigenvalue weighted by Crippen LogP contribution is -2.27. The number of hydrogen-bond donors (Lipinski definition) is 1. The Morgan fingerprint density at radius 3 is 2.56 bits per heavy atom.